The fourth-order valence-electron chi connectivity index (χ4n) is 5.66. The van der Waals surface area contributed by atoms with E-state index in [1.807, 2.05) is 11.8 Å². The molecule has 35 heavy (non-hydrogen) atoms. The number of aromatic nitrogens is 1. The number of hydrogen-bond donors (Lipinski definition) is 0. The molecule has 0 spiro atoms. The van der Waals surface area contributed by atoms with Gasteiger partial charge in [0.05, 0.1) is 5.69 Å². The fraction of sp³-hybridized carbons (Fsp3) is 0.355. The van der Waals surface area contributed by atoms with Crippen LogP contribution in [0.1, 0.15) is 36.0 Å². The molecule has 1 saturated heterocycles. The summed E-state index contributed by atoms with van der Waals surface area (Å²) in [5.74, 6) is 2.10. The summed E-state index contributed by atoms with van der Waals surface area (Å²) in [5.41, 5.74) is 8.24. The number of ether oxygens (including phenoxy) is 1. The maximum absolute atomic E-state index is 6.08. The Bertz CT molecular complexity index is 1320. The number of nitrogens with zero attached hydrogens (tertiary/aromatic N) is 2. The molecule has 0 bridgehead atoms. The van der Waals surface area contributed by atoms with Crippen LogP contribution in [0.2, 0.25) is 0 Å². The lowest BCUT2D eigenvalue weighted by Gasteiger charge is -2.26. The van der Waals surface area contributed by atoms with Crippen LogP contribution in [0.3, 0.4) is 0 Å². The number of hydrogen-bond acceptors (Lipinski definition) is 3. The Hall–Kier alpha value is -2.69. The zero-order valence-corrected chi connectivity index (χ0v) is 21.4. The molecule has 2 aliphatic rings. The van der Waals surface area contributed by atoms with Crippen LogP contribution in [0, 0.1) is 6.92 Å². The molecule has 4 aromatic rings. The van der Waals surface area contributed by atoms with Crippen molar-refractivity contribution in [1.82, 2.24) is 9.47 Å². The molecular weight excluding hydrogens is 448 g/mol. The number of fused-ring (bicyclic) bond motifs is 5. The average Bonchev–Trinajstić information content (AvgIpc) is 3.05. The Labute approximate surface area is 213 Å². The molecule has 0 unspecified atom stereocenters. The first-order valence-electron chi connectivity index (χ1n) is 13.0. The molecule has 0 radical (unpaired) electrons. The molecule has 3 heterocycles. The molecule has 0 amide bonds. The maximum Gasteiger partial charge on any atom is 0.119 e. The number of piperidine rings is 1. The predicted octanol–water partition coefficient (Wildman–Crippen LogP) is 7.18. The Morgan fingerprint density at radius 3 is 2.60 bits per heavy atom. The van der Waals surface area contributed by atoms with Gasteiger partial charge >= 0.3 is 0 Å². The number of rotatable bonds is 6. The second-order valence-corrected chi connectivity index (χ2v) is 11.1. The minimum atomic E-state index is 0.767. The van der Waals surface area contributed by atoms with Crippen molar-refractivity contribution in [3.8, 4) is 17.0 Å². The first kappa shape index (κ1) is 22.8. The van der Waals surface area contributed by atoms with Crippen LogP contribution < -0.4 is 4.74 Å². The summed E-state index contributed by atoms with van der Waals surface area (Å²) >= 11 is 1.98. The van der Waals surface area contributed by atoms with Crippen LogP contribution in [0.25, 0.3) is 22.2 Å². The topological polar surface area (TPSA) is 17.4 Å². The summed E-state index contributed by atoms with van der Waals surface area (Å²) in [6, 6.07) is 24.6. The highest BCUT2D eigenvalue weighted by molar-refractivity contribution is 7.99. The lowest BCUT2D eigenvalue weighted by Crippen LogP contribution is -2.33. The van der Waals surface area contributed by atoms with Crippen molar-refractivity contribution >= 4 is 22.7 Å². The molecule has 180 valence electrons. The molecular formula is C31H34N2OS. The second kappa shape index (κ2) is 10.1. The molecule has 3 aromatic carbocycles. The van der Waals surface area contributed by atoms with Crippen LogP contribution in [0.4, 0.5) is 0 Å². The molecule has 1 fully saturated rings. The van der Waals surface area contributed by atoms with Crippen molar-refractivity contribution < 1.29 is 4.74 Å². The van der Waals surface area contributed by atoms with E-state index < -0.39 is 0 Å². The van der Waals surface area contributed by atoms with Crippen LogP contribution in [-0.2, 0) is 13.0 Å². The number of thioether (sulfide) groups is 1. The molecule has 0 atom stereocenters. The normalized spacial score (nSPS) is 16.0. The third-order valence-corrected chi connectivity index (χ3v) is 8.54. The monoisotopic (exact) mass is 482 g/mol. The first-order chi connectivity index (χ1) is 17.3. The van der Waals surface area contributed by atoms with E-state index in [4.69, 9.17) is 4.74 Å². The van der Waals surface area contributed by atoms with Crippen LogP contribution in [0.15, 0.2) is 71.6 Å². The van der Waals surface area contributed by atoms with E-state index in [1.54, 1.807) is 0 Å². The van der Waals surface area contributed by atoms with Gasteiger partial charge in [-0.3, -0.25) is 4.90 Å². The summed E-state index contributed by atoms with van der Waals surface area (Å²) in [5, 5.41) is 1.41. The van der Waals surface area contributed by atoms with Gasteiger partial charge in [0, 0.05) is 40.2 Å². The van der Waals surface area contributed by atoms with E-state index in [9.17, 15) is 0 Å². The maximum atomic E-state index is 6.08. The molecule has 6 rings (SSSR count). The van der Waals surface area contributed by atoms with E-state index in [-0.39, 0.29) is 0 Å². The van der Waals surface area contributed by atoms with Crippen molar-refractivity contribution in [2.45, 2.75) is 44.0 Å². The van der Waals surface area contributed by atoms with Crippen molar-refractivity contribution in [3.05, 3.63) is 83.4 Å². The van der Waals surface area contributed by atoms with Gasteiger partial charge in [-0.2, -0.15) is 0 Å². The van der Waals surface area contributed by atoms with Crippen molar-refractivity contribution in [2.24, 2.45) is 0 Å². The van der Waals surface area contributed by atoms with Gasteiger partial charge in [-0.15, -0.1) is 11.8 Å². The van der Waals surface area contributed by atoms with Crippen molar-refractivity contribution in [1.29, 1.82) is 0 Å². The van der Waals surface area contributed by atoms with Gasteiger partial charge in [0.1, 0.15) is 12.4 Å². The van der Waals surface area contributed by atoms with Crippen molar-refractivity contribution in [3.63, 3.8) is 0 Å². The zero-order valence-electron chi connectivity index (χ0n) is 20.6. The van der Waals surface area contributed by atoms with Crippen LogP contribution in [0.5, 0.6) is 5.75 Å². The lowest BCUT2D eigenvalue weighted by atomic mass is 10.0. The van der Waals surface area contributed by atoms with E-state index >= 15 is 0 Å². The minimum Gasteiger partial charge on any atom is -0.492 e. The second-order valence-electron chi connectivity index (χ2n) is 9.92. The third-order valence-electron chi connectivity index (χ3n) is 7.46. The summed E-state index contributed by atoms with van der Waals surface area (Å²) in [7, 11) is 0. The molecule has 0 saturated carbocycles. The van der Waals surface area contributed by atoms with Gasteiger partial charge in [0.25, 0.3) is 0 Å². The van der Waals surface area contributed by atoms with Gasteiger partial charge in [-0.1, -0.05) is 48.4 Å². The van der Waals surface area contributed by atoms with Gasteiger partial charge < -0.3 is 9.30 Å². The Morgan fingerprint density at radius 1 is 0.914 bits per heavy atom. The third kappa shape index (κ3) is 4.74. The summed E-state index contributed by atoms with van der Waals surface area (Å²) in [6.07, 6.45) is 5.14. The highest BCUT2D eigenvalue weighted by atomic mass is 32.2. The van der Waals surface area contributed by atoms with Crippen LogP contribution >= 0.6 is 11.8 Å². The summed E-state index contributed by atoms with van der Waals surface area (Å²) in [6.45, 7) is 7.30. The Kier molecular flexibility index (Phi) is 6.58. The lowest BCUT2D eigenvalue weighted by molar-refractivity contribution is 0.183. The van der Waals surface area contributed by atoms with Crippen LogP contribution in [-0.4, -0.2) is 41.5 Å². The zero-order chi connectivity index (χ0) is 23.6. The highest BCUT2D eigenvalue weighted by Crippen LogP contribution is 2.42. The molecule has 2 aliphatic heterocycles. The predicted molar refractivity (Wildman–Crippen MR) is 148 cm³/mol. The molecule has 4 heteroatoms. The minimum absolute atomic E-state index is 0.767. The van der Waals surface area contributed by atoms with E-state index in [0.717, 1.165) is 37.6 Å². The fourth-order valence-corrected chi connectivity index (χ4v) is 6.68. The standard InChI is InChI=1S/C31H34N2OS/c1-23-9-14-29-28(21-23)26-15-20-35-30-8-4-3-7-27(30)31(26)33(29)22-24-10-12-25(13-11-24)34-19-18-32-16-5-2-6-17-32/h3-4,7-14,21H,2,5-6,15-20,22H2,1H3. The summed E-state index contributed by atoms with van der Waals surface area (Å²) in [4.78, 5) is 3.92. The highest BCUT2D eigenvalue weighted by Gasteiger charge is 2.23. The average molecular weight is 483 g/mol. The molecule has 0 N–H and O–H groups in total. The largest absolute Gasteiger partial charge is 0.492 e. The van der Waals surface area contributed by atoms with Gasteiger partial charge in [-0.05, 0) is 80.7 Å². The van der Waals surface area contributed by atoms with E-state index in [1.165, 1.54) is 76.1 Å². The quantitative estimate of drug-likeness (QED) is 0.290. The van der Waals surface area contributed by atoms with Gasteiger partial charge in [-0.25, -0.2) is 0 Å². The Balaban J connectivity index is 1.28. The van der Waals surface area contributed by atoms with Crippen molar-refractivity contribution in [2.75, 3.05) is 32.0 Å². The number of likely N-dealkylation sites (tertiary alicyclic amines) is 1. The van der Waals surface area contributed by atoms with E-state index in [2.05, 4.69) is 83.1 Å². The number of aryl methyl sites for hydroxylation is 2. The molecule has 1 aromatic heterocycles. The first-order valence-corrected chi connectivity index (χ1v) is 14.0. The van der Waals surface area contributed by atoms with Gasteiger partial charge in [0.2, 0.25) is 0 Å². The molecule has 3 nitrogen and oxygen atoms in total. The summed E-state index contributed by atoms with van der Waals surface area (Å²) < 4.78 is 8.63. The van der Waals surface area contributed by atoms with E-state index in [0.29, 0.717) is 0 Å². The Morgan fingerprint density at radius 2 is 1.74 bits per heavy atom. The SMILES string of the molecule is Cc1ccc2c(c1)c1c(n2Cc2ccc(OCCN3CCCCC3)cc2)-c2ccccc2SCC1. The number of benzene rings is 3. The van der Waals surface area contributed by atoms with Gasteiger partial charge in [0.15, 0.2) is 0 Å². The molecule has 0 aliphatic carbocycles. The smallest absolute Gasteiger partial charge is 0.119 e.